The zero-order chi connectivity index (χ0) is 7.68. The Kier molecular flexibility index (Phi) is 1.29. The van der Waals surface area contributed by atoms with E-state index in [4.69, 9.17) is 5.73 Å². The molecule has 0 heterocycles. The predicted molar refractivity (Wildman–Crippen MR) is 47.2 cm³/mol. The molecule has 1 heteroatoms. The zero-order valence-electron chi connectivity index (χ0n) is 6.04. The summed E-state index contributed by atoms with van der Waals surface area (Å²) < 4.78 is 0. The predicted octanol–water partition coefficient (Wildman–Crippen LogP) is 2.22. The Labute approximate surface area is 65.5 Å². The first-order valence-corrected chi connectivity index (χ1v) is 3.53. The summed E-state index contributed by atoms with van der Waals surface area (Å²) in [6, 6.07) is 14.8. The Hall–Kier alpha value is -1.50. The van der Waals surface area contributed by atoms with E-state index in [9.17, 15) is 0 Å². The lowest BCUT2D eigenvalue weighted by atomic mass is 10.1. The standard InChI is InChI=1S/C10H8N/c11-10-7-3-5-8-4-1-2-6-9(8)10/h1-5,7H,11H2. The van der Waals surface area contributed by atoms with Crippen LogP contribution in [0.1, 0.15) is 0 Å². The summed E-state index contributed by atoms with van der Waals surface area (Å²) >= 11 is 0. The highest BCUT2D eigenvalue weighted by molar-refractivity contribution is 5.92. The Morgan fingerprint density at radius 2 is 1.91 bits per heavy atom. The fourth-order valence-corrected chi connectivity index (χ4v) is 1.18. The topological polar surface area (TPSA) is 26.0 Å². The van der Waals surface area contributed by atoms with E-state index in [0.29, 0.717) is 0 Å². The van der Waals surface area contributed by atoms with Crippen LogP contribution in [0.4, 0.5) is 5.69 Å². The first kappa shape index (κ1) is 6.23. The van der Waals surface area contributed by atoms with Crippen LogP contribution in [0, 0.1) is 6.07 Å². The SMILES string of the molecule is Nc1cccc2ccc[c]c12. The number of fused-ring (bicyclic) bond motifs is 1. The van der Waals surface area contributed by atoms with E-state index in [-0.39, 0.29) is 0 Å². The zero-order valence-corrected chi connectivity index (χ0v) is 6.04. The lowest BCUT2D eigenvalue weighted by Crippen LogP contribution is -1.85. The van der Waals surface area contributed by atoms with Gasteiger partial charge in [-0.15, -0.1) is 0 Å². The van der Waals surface area contributed by atoms with Crippen LogP contribution in [-0.2, 0) is 0 Å². The molecule has 0 atom stereocenters. The molecular weight excluding hydrogens is 134 g/mol. The minimum Gasteiger partial charge on any atom is -0.398 e. The molecule has 2 rings (SSSR count). The van der Waals surface area contributed by atoms with E-state index in [1.807, 2.05) is 36.4 Å². The highest BCUT2D eigenvalue weighted by Gasteiger charge is 1.93. The summed E-state index contributed by atoms with van der Waals surface area (Å²) in [5.74, 6) is 0. The van der Waals surface area contributed by atoms with Gasteiger partial charge in [-0.1, -0.05) is 30.3 Å². The molecule has 2 aromatic carbocycles. The van der Waals surface area contributed by atoms with Crippen LogP contribution in [0.15, 0.2) is 36.4 Å². The van der Waals surface area contributed by atoms with Crippen molar-refractivity contribution in [3.05, 3.63) is 42.5 Å². The van der Waals surface area contributed by atoms with Gasteiger partial charge in [-0.05, 0) is 17.5 Å². The Bertz CT molecular complexity index is 374. The molecule has 0 aliphatic rings. The number of benzene rings is 2. The molecule has 0 bridgehead atoms. The van der Waals surface area contributed by atoms with Crippen molar-refractivity contribution in [2.24, 2.45) is 0 Å². The maximum Gasteiger partial charge on any atom is 0.0400 e. The van der Waals surface area contributed by atoms with Crippen molar-refractivity contribution in [2.75, 3.05) is 5.73 Å². The molecule has 0 aromatic heterocycles. The van der Waals surface area contributed by atoms with Gasteiger partial charge >= 0.3 is 0 Å². The minimum absolute atomic E-state index is 0.795. The van der Waals surface area contributed by atoms with Crippen LogP contribution in [0.2, 0.25) is 0 Å². The third kappa shape index (κ3) is 0.944. The molecule has 11 heavy (non-hydrogen) atoms. The monoisotopic (exact) mass is 142 g/mol. The lowest BCUT2D eigenvalue weighted by Gasteiger charge is -1.98. The van der Waals surface area contributed by atoms with Crippen molar-refractivity contribution < 1.29 is 0 Å². The first-order chi connectivity index (χ1) is 5.38. The lowest BCUT2D eigenvalue weighted by molar-refractivity contribution is 1.72. The second-order valence-corrected chi connectivity index (χ2v) is 2.48. The van der Waals surface area contributed by atoms with Crippen LogP contribution in [0.3, 0.4) is 0 Å². The molecule has 0 aliphatic heterocycles. The van der Waals surface area contributed by atoms with Crippen LogP contribution >= 0.6 is 0 Å². The molecule has 0 saturated heterocycles. The second kappa shape index (κ2) is 2.27. The van der Waals surface area contributed by atoms with Gasteiger partial charge in [0, 0.05) is 11.1 Å². The van der Waals surface area contributed by atoms with Crippen molar-refractivity contribution in [3.63, 3.8) is 0 Å². The smallest absolute Gasteiger partial charge is 0.0400 e. The van der Waals surface area contributed by atoms with Gasteiger partial charge < -0.3 is 5.73 Å². The normalized spacial score (nSPS) is 10.2. The van der Waals surface area contributed by atoms with Crippen molar-refractivity contribution in [2.45, 2.75) is 0 Å². The first-order valence-electron chi connectivity index (χ1n) is 3.53. The van der Waals surface area contributed by atoms with Crippen LogP contribution in [0.25, 0.3) is 10.8 Å². The van der Waals surface area contributed by atoms with Gasteiger partial charge in [-0.3, -0.25) is 0 Å². The average Bonchev–Trinajstić information content (AvgIpc) is 2.06. The summed E-state index contributed by atoms with van der Waals surface area (Å²) in [5, 5.41) is 2.16. The summed E-state index contributed by atoms with van der Waals surface area (Å²) in [5.41, 5.74) is 6.52. The second-order valence-electron chi connectivity index (χ2n) is 2.48. The Morgan fingerprint density at radius 1 is 1.09 bits per heavy atom. The highest BCUT2D eigenvalue weighted by atomic mass is 14.5. The van der Waals surface area contributed by atoms with Gasteiger partial charge in [-0.2, -0.15) is 0 Å². The van der Waals surface area contributed by atoms with Gasteiger partial charge in [0.25, 0.3) is 0 Å². The molecule has 53 valence electrons. The number of anilines is 1. The van der Waals surface area contributed by atoms with E-state index in [1.54, 1.807) is 0 Å². The molecule has 0 fully saturated rings. The molecule has 0 spiro atoms. The fraction of sp³-hybridized carbons (Fsp3) is 0. The molecule has 0 saturated carbocycles. The average molecular weight is 142 g/mol. The number of hydrogen-bond donors (Lipinski definition) is 1. The summed E-state index contributed by atoms with van der Waals surface area (Å²) in [4.78, 5) is 0. The fourth-order valence-electron chi connectivity index (χ4n) is 1.18. The van der Waals surface area contributed by atoms with Crippen molar-refractivity contribution in [1.29, 1.82) is 0 Å². The molecule has 0 unspecified atom stereocenters. The van der Waals surface area contributed by atoms with Crippen molar-refractivity contribution >= 4 is 16.5 Å². The van der Waals surface area contributed by atoms with Gasteiger partial charge in [0.05, 0.1) is 0 Å². The molecule has 0 amide bonds. The largest absolute Gasteiger partial charge is 0.398 e. The molecule has 2 N–H and O–H groups in total. The summed E-state index contributed by atoms with van der Waals surface area (Å²) in [6.07, 6.45) is 0. The van der Waals surface area contributed by atoms with Crippen LogP contribution < -0.4 is 5.73 Å². The van der Waals surface area contributed by atoms with E-state index in [1.165, 1.54) is 0 Å². The quantitative estimate of drug-likeness (QED) is 0.561. The number of nitrogens with two attached hydrogens (primary N) is 1. The summed E-state index contributed by atoms with van der Waals surface area (Å²) in [7, 11) is 0. The number of hydrogen-bond acceptors (Lipinski definition) is 1. The Morgan fingerprint density at radius 3 is 2.73 bits per heavy atom. The van der Waals surface area contributed by atoms with E-state index < -0.39 is 0 Å². The van der Waals surface area contributed by atoms with E-state index >= 15 is 0 Å². The molecular formula is C10H8N. The van der Waals surface area contributed by atoms with Crippen molar-refractivity contribution in [1.82, 2.24) is 0 Å². The minimum atomic E-state index is 0.795. The van der Waals surface area contributed by atoms with Gasteiger partial charge in [0.15, 0.2) is 0 Å². The van der Waals surface area contributed by atoms with Gasteiger partial charge in [0.1, 0.15) is 0 Å². The maximum absolute atomic E-state index is 5.72. The van der Waals surface area contributed by atoms with Crippen LogP contribution in [-0.4, -0.2) is 0 Å². The summed E-state index contributed by atoms with van der Waals surface area (Å²) in [6.45, 7) is 0. The highest BCUT2D eigenvalue weighted by Crippen LogP contribution is 2.18. The van der Waals surface area contributed by atoms with E-state index in [0.717, 1.165) is 16.5 Å². The Balaban J connectivity index is 2.91. The third-order valence-electron chi connectivity index (χ3n) is 1.73. The third-order valence-corrected chi connectivity index (χ3v) is 1.73. The van der Waals surface area contributed by atoms with E-state index in [2.05, 4.69) is 6.07 Å². The molecule has 0 aliphatic carbocycles. The molecule has 1 radical (unpaired) electrons. The number of nitrogen functional groups attached to an aromatic ring is 1. The number of rotatable bonds is 0. The maximum atomic E-state index is 5.72. The van der Waals surface area contributed by atoms with Gasteiger partial charge in [-0.25, -0.2) is 0 Å². The van der Waals surface area contributed by atoms with Crippen LogP contribution in [0.5, 0.6) is 0 Å². The van der Waals surface area contributed by atoms with Gasteiger partial charge in [0.2, 0.25) is 0 Å². The molecule has 2 aromatic rings. The molecule has 1 nitrogen and oxygen atoms in total. The van der Waals surface area contributed by atoms with Crippen molar-refractivity contribution in [3.8, 4) is 0 Å².